The minimum absolute atomic E-state index is 0.574. The molecule has 4 rings (SSSR count). The van der Waals surface area contributed by atoms with Gasteiger partial charge in [0.05, 0.1) is 33.9 Å². The molecule has 0 unspecified atom stereocenters. The van der Waals surface area contributed by atoms with Gasteiger partial charge >= 0.3 is 0 Å². The predicted octanol–water partition coefficient (Wildman–Crippen LogP) is 11.8. The minimum Gasteiger partial charge on any atom is -0.351 e. The van der Waals surface area contributed by atoms with Crippen LogP contribution in [0.25, 0.3) is 10.8 Å². The zero-order valence-electron chi connectivity index (χ0n) is 28.1. The molecule has 1 aliphatic heterocycles. The summed E-state index contributed by atoms with van der Waals surface area (Å²) < 4.78 is 0. The Bertz CT molecular complexity index is 1410. The number of anilines is 4. The van der Waals surface area contributed by atoms with Crippen molar-refractivity contribution < 1.29 is 0 Å². The molecule has 1 heterocycles. The number of nitrogens with one attached hydrogen (secondary N) is 2. The van der Waals surface area contributed by atoms with Crippen LogP contribution in [-0.2, 0) is 0 Å². The van der Waals surface area contributed by atoms with Crippen molar-refractivity contribution in [1.82, 2.24) is 0 Å². The molecule has 0 aromatic heterocycles. The van der Waals surface area contributed by atoms with Crippen molar-refractivity contribution in [3.8, 4) is 22.9 Å². The fourth-order valence-electron chi connectivity index (χ4n) is 8.13. The van der Waals surface area contributed by atoms with Gasteiger partial charge in [-0.2, -0.15) is 0 Å². The molecule has 0 spiro atoms. The topological polar surface area (TPSA) is 24.1 Å². The zero-order chi connectivity index (χ0) is 31.0. The minimum atomic E-state index is -1.94. The first kappa shape index (κ1) is 32.0. The number of para-hydroxylation sites is 2. The van der Waals surface area contributed by atoms with Crippen molar-refractivity contribution in [2.45, 2.75) is 116 Å². The van der Waals surface area contributed by atoms with Crippen LogP contribution in [0.15, 0.2) is 48.5 Å². The standard InChI is InChI=1S/C38H52N2Si2/c1-25(2)41(26(3)4,27(5)6)23-21-33-31-17-13-14-18-32(31)34(22-24-42(28(7)8,29(9)10)30(11)12)38-37(33)39-35-19-15-16-20-36(35)40-38/h13-20,25-30,39-40H,1-12H3. The largest absolute Gasteiger partial charge is 0.351 e. The van der Waals surface area contributed by atoms with Crippen LogP contribution in [-0.4, -0.2) is 16.1 Å². The smallest absolute Gasteiger partial charge is 0.146 e. The third-order valence-electron chi connectivity index (χ3n) is 10.2. The summed E-state index contributed by atoms with van der Waals surface area (Å²) in [4.78, 5) is 0. The Kier molecular flexibility index (Phi) is 9.41. The van der Waals surface area contributed by atoms with E-state index in [0.717, 1.165) is 33.9 Å². The van der Waals surface area contributed by atoms with Gasteiger partial charge in [-0.05, 0) is 45.4 Å². The molecular formula is C38H52N2Si2. The maximum atomic E-state index is 4.03. The quantitative estimate of drug-likeness (QED) is 0.172. The molecule has 222 valence electrons. The first-order valence-corrected chi connectivity index (χ1v) is 20.5. The third-order valence-corrected chi connectivity index (χ3v) is 22.8. The van der Waals surface area contributed by atoms with Crippen LogP contribution in [0.4, 0.5) is 22.7 Å². The second kappa shape index (κ2) is 12.4. The molecule has 0 saturated carbocycles. The van der Waals surface area contributed by atoms with Crippen molar-refractivity contribution in [1.29, 1.82) is 0 Å². The fraction of sp³-hybridized carbons (Fsp3) is 0.474. The Hall–Kier alpha value is -2.93. The molecule has 0 aliphatic carbocycles. The van der Waals surface area contributed by atoms with E-state index in [4.69, 9.17) is 0 Å². The lowest BCUT2D eigenvalue weighted by Gasteiger charge is -2.38. The average molecular weight is 593 g/mol. The summed E-state index contributed by atoms with van der Waals surface area (Å²) in [6.07, 6.45) is 0. The Morgan fingerprint density at radius 3 is 1.02 bits per heavy atom. The van der Waals surface area contributed by atoms with Gasteiger partial charge in [-0.1, -0.05) is 131 Å². The first-order chi connectivity index (χ1) is 19.8. The van der Waals surface area contributed by atoms with Crippen LogP contribution in [0.1, 0.15) is 94.2 Å². The van der Waals surface area contributed by atoms with Gasteiger partial charge in [-0.3, -0.25) is 0 Å². The van der Waals surface area contributed by atoms with Crippen LogP contribution < -0.4 is 10.6 Å². The van der Waals surface area contributed by atoms with E-state index in [1.807, 2.05) is 0 Å². The van der Waals surface area contributed by atoms with Crippen molar-refractivity contribution in [2.75, 3.05) is 10.6 Å². The molecule has 0 saturated heterocycles. The number of rotatable bonds is 6. The summed E-state index contributed by atoms with van der Waals surface area (Å²) in [6.45, 7) is 28.6. The van der Waals surface area contributed by atoms with Crippen molar-refractivity contribution >= 4 is 49.7 Å². The molecule has 0 radical (unpaired) electrons. The predicted molar refractivity (Wildman–Crippen MR) is 193 cm³/mol. The maximum Gasteiger partial charge on any atom is 0.146 e. The number of hydrogen-bond donors (Lipinski definition) is 2. The van der Waals surface area contributed by atoms with Gasteiger partial charge in [-0.25, -0.2) is 0 Å². The lowest BCUT2D eigenvalue weighted by molar-refractivity contribution is 0.838. The summed E-state index contributed by atoms with van der Waals surface area (Å²) in [6, 6.07) is 17.3. The highest BCUT2D eigenvalue weighted by Crippen LogP contribution is 2.47. The summed E-state index contributed by atoms with van der Waals surface area (Å²) >= 11 is 0. The van der Waals surface area contributed by atoms with Crippen molar-refractivity contribution in [3.05, 3.63) is 59.7 Å². The molecule has 0 bridgehead atoms. The van der Waals surface area contributed by atoms with Crippen LogP contribution in [0.5, 0.6) is 0 Å². The van der Waals surface area contributed by atoms with Crippen molar-refractivity contribution in [2.24, 2.45) is 0 Å². The first-order valence-electron chi connectivity index (χ1n) is 16.1. The number of benzene rings is 3. The van der Waals surface area contributed by atoms with E-state index in [1.165, 1.54) is 10.8 Å². The molecule has 4 heteroatoms. The normalized spacial score (nSPS) is 13.1. The molecule has 0 fully saturated rings. The monoisotopic (exact) mass is 592 g/mol. The molecule has 42 heavy (non-hydrogen) atoms. The highest BCUT2D eigenvalue weighted by atomic mass is 28.3. The summed E-state index contributed by atoms with van der Waals surface area (Å²) in [5, 5.41) is 10.0. The van der Waals surface area contributed by atoms with Gasteiger partial charge < -0.3 is 10.6 Å². The fourth-order valence-corrected chi connectivity index (χ4v) is 18.5. The number of hydrogen-bond acceptors (Lipinski definition) is 2. The van der Waals surface area contributed by atoms with Gasteiger partial charge in [0, 0.05) is 10.8 Å². The summed E-state index contributed by atoms with van der Waals surface area (Å²) in [5.74, 6) is 7.71. The molecular weight excluding hydrogens is 541 g/mol. The lowest BCUT2D eigenvalue weighted by Crippen LogP contribution is -2.43. The third kappa shape index (κ3) is 5.34. The van der Waals surface area contributed by atoms with E-state index in [1.54, 1.807) is 0 Å². The molecule has 0 atom stereocenters. The van der Waals surface area contributed by atoms with Crippen LogP contribution in [0, 0.1) is 22.9 Å². The van der Waals surface area contributed by atoms with Gasteiger partial charge in [-0.15, -0.1) is 11.1 Å². The molecule has 3 aromatic rings. The molecule has 1 aliphatic rings. The van der Waals surface area contributed by atoms with E-state index in [9.17, 15) is 0 Å². The Labute approximate surface area is 258 Å². The summed E-state index contributed by atoms with van der Waals surface area (Å²) in [5.41, 5.74) is 18.0. The van der Waals surface area contributed by atoms with E-state index < -0.39 is 16.1 Å². The van der Waals surface area contributed by atoms with E-state index in [-0.39, 0.29) is 0 Å². The summed E-state index contributed by atoms with van der Waals surface area (Å²) in [7, 11) is -3.88. The molecule has 3 aromatic carbocycles. The van der Waals surface area contributed by atoms with Gasteiger partial charge in [0.15, 0.2) is 0 Å². The second-order valence-corrected chi connectivity index (χ2v) is 25.3. The SMILES string of the molecule is CC(C)[Si](C#Cc1c2c(c(C#C[Si](C(C)C)(C(C)C)C(C)C)c3ccccc13)Nc1ccccc1N2)(C(C)C)C(C)C. The Morgan fingerprint density at radius 2 is 0.738 bits per heavy atom. The van der Waals surface area contributed by atoms with Gasteiger partial charge in [0.1, 0.15) is 16.1 Å². The van der Waals surface area contributed by atoms with Crippen LogP contribution >= 0.6 is 0 Å². The van der Waals surface area contributed by atoms with E-state index in [0.29, 0.717) is 33.2 Å². The van der Waals surface area contributed by atoms with Crippen molar-refractivity contribution in [3.63, 3.8) is 0 Å². The molecule has 2 nitrogen and oxygen atoms in total. The van der Waals surface area contributed by atoms with E-state index in [2.05, 4.69) is 165 Å². The zero-order valence-corrected chi connectivity index (χ0v) is 30.1. The number of fused-ring (bicyclic) bond motifs is 3. The Morgan fingerprint density at radius 1 is 0.452 bits per heavy atom. The van der Waals surface area contributed by atoms with Gasteiger partial charge in [0.25, 0.3) is 0 Å². The van der Waals surface area contributed by atoms with Crippen LogP contribution in [0.2, 0.25) is 33.2 Å². The van der Waals surface area contributed by atoms with Crippen LogP contribution in [0.3, 0.4) is 0 Å². The van der Waals surface area contributed by atoms with E-state index >= 15 is 0 Å². The molecule has 0 amide bonds. The second-order valence-electron chi connectivity index (χ2n) is 14.1. The maximum absolute atomic E-state index is 4.03. The highest BCUT2D eigenvalue weighted by Gasteiger charge is 2.43. The average Bonchev–Trinajstić information content (AvgIpc) is 2.92. The lowest BCUT2D eigenvalue weighted by atomic mass is 9.94. The van der Waals surface area contributed by atoms with Gasteiger partial charge in [0.2, 0.25) is 0 Å². The Balaban J connectivity index is 2.11. The molecule has 2 N–H and O–H groups in total. The highest BCUT2D eigenvalue weighted by molar-refractivity contribution is 6.91.